The van der Waals surface area contributed by atoms with Gasteiger partial charge in [-0.05, 0) is 44.5 Å². The van der Waals surface area contributed by atoms with Gasteiger partial charge in [-0.3, -0.25) is 9.10 Å². The largest absolute Gasteiger partial charge is 0.492 e. The van der Waals surface area contributed by atoms with Gasteiger partial charge in [-0.1, -0.05) is 24.3 Å². The second-order valence-corrected chi connectivity index (χ2v) is 9.02. The second kappa shape index (κ2) is 11.4. The molecule has 0 spiro atoms. The molecule has 0 aliphatic heterocycles. The topological polar surface area (TPSA) is 84.9 Å². The van der Waals surface area contributed by atoms with E-state index >= 15 is 0 Å². The number of rotatable bonds is 12. The lowest BCUT2D eigenvalue weighted by atomic mass is 10.2. The van der Waals surface area contributed by atoms with Gasteiger partial charge in [-0.2, -0.15) is 0 Å². The van der Waals surface area contributed by atoms with E-state index in [2.05, 4.69) is 5.32 Å². The summed E-state index contributed by atoms with van der Waals surface area (Å²) in [6.07, 6.45) is 1.76. The molecule has 0 aliphatic carbocycles. The summed E-state index contributed by atoms with van der Waals surface area (Å²) in [4.78, 5) is 12.0. The Balaban J connectivity index is 1.81. The van der Waals surface area contributed by atoms with E-state index in [-0.39, 0.29) is 25.0 Å². The molecule has 0 aliphatic rings. The Kier molecular flexibility index (Phi) is 8.98. The first-order valence-corrected chi connectivity index (χ1v) is 11.8. The highest BCUT2D eigenvalue weighted by atomic mass is 32.2. The Bertz CT molecular complexity index is 901. The average Bonchev–Trinajstić information content (AvgIpc) is 2.68. The number of anilines is 1. The lowest BCUT2D eigenvalue weighted by molar-refractivity contribution is -0.121. The van der Waals surface area contributed by atoms with Crippen LogP contribution in [0.25, 0.3) is 0 Å². The summed E-state index contributed by atoms with van der Waals surface area (Å²) in [6.45, 7) is 4.78. The SMILES string of the molecule is CC(C)Oc1cccc(N(CCCC(=O)NCCOc2ccccc2)S(C)(=O)=O)c1. The smallest absolute Gasteiger partial charge is 0.232 e. The Hall–Kier alpha value is -2.74. The summed E-state index contributed by atoms with van der Waals surface area (Å²) in [5, 5.41) is 2.78. The minimum Gasteiger partial charge on any atom is -0.492 e. The van der Waals surface area contributed by atoms with Crippen molar-refractivity contribution in [1.82, 2.24) is 5.32 Å². The zero-order chi connectivity index (χ0) is 22.0. The number of hydrogen-bond donors (Lipinski definition) is 1. The van der Waals surface area contributed by atoms with Gasteiger partial charge in [0, 0.05) is 19.0 Å². The Labute approximate surface area is 179 Å². The number of sulfonamides is 1. The molecular weight excluding hydrogens is 404 g/mol. The Morgan fingerprint density at radius 3 is 2.43 bits per heavy atom. The van der Waals surface area contributed by atoms with E-state index in [1.165, 1.54) is 4.31 Å². The van der Waals surface area contributed by atoms with E-state index in [0.29, 0.717) is 31.0 Å². The van der Waals surface area contributed by atoms with Crippen LogP contribution in [0.5, 0.6) is 11.5 Å². The number of nitrogens with zero attached hydrogens (tertiary/aromatic N) is 1. The first-order chi connectivity index (χ1) is 14.3. The quantitative estimate of drug-likeness (QED) is 0.519. The van der Waals surface area contributed by atoms with Crippen LogP contribution < -0.4 is 19.1 Å². The standard InChI is InChI=1S/C22H30N2O5S/c1-18(2)29-21-12-7-9-19(17-21)24(30(3,26)27)15-8-13-22(25)23-14-16-28-20-10-5-4-6-11-20/h4-7,9-12,17-18H,8,13-16H2,1-3H3,(H,23,25). The molecule has 1 N–H and O–H groups in total. The molecule has 0 radical (unpaired) electrons. The number of para-hydroxylation sites is 1. The summed E-state index contributed by atoms with van der Waals surface area (Å²) in [5.41, 5.74) is 0.521. The number of hydrogen-bond acceptors (Lipinski definition) is 5. The number of carbonyl (C=O) groups is 1. The second-order valence-electron chi connectivity index (χ2n) is 7.11. The van der Waals surface area contributed by atoms with Crippen LogP contribution in [0, 0.1) is 0 Å². The minimum atomic E-state index is -3.49. The molecular formula is C22H30N2O5S. The van der Waals surface area contributed by atoms with Crippen LogP contribution in [0.15, 0.2) is 54.6 Å². The van der Waals surface area contributed by atoms with Crippen molar-refractivity contribution < 1.29 is 22.7 Å². The molecule has 0 atom stereocenters. The van der Waals surface area contributed by atoms with Gasteiger partial charge in [0.25, 0.3) is 0 Å². The van der Waals surface area contributed by atoms with Crippen molar-refractivity contribution in [3.8, 4) is 11.5 Å². The van der Waals surface area contributed by atoms with E-state index in [9.17, 15) is 13.2 Å². The summed E-state index contributed by atoms with van der Waals surface area (Å²) >= 11 is 0. The maximum atomic E-state index is 12.3. The molecule has 8 heteroatoms. The third-order valence-corrected chi connectivity index (χ3v) is 5.27. The monoisotopic (exact) mass is 434 g/mol. The van der Waals surface area contributed by atoms with Crippen LogP contribution in [0.3, 0.4) is 0 Å². The molecule has 30 heavy (non-hydrogen) atoms. The fourth-order valence-electron chi connectivity index (χ4n) is 2.82. The average molecular weight is 435 g/mol. The third kappa shape index (κ3) is 8.32. The van der Waals surface area contributed by atoms with Gasteiger partial charge >= 0.3 is 0 Å². The van der Waals surface area contributed by atoms with E-state index in [0.717, 1.165) is 12.0 Å². The minimum absolute atomic E-state index is 0.0125. The molecule has 0 saturated heterocycles. The summed E-state index contributed by atoms with van der Waals surface area (Å²) in [7, 11) is -3.49. The fraction of sp³-hybridized carbons (Fsp3) is 0.409. The van der Waals surface area contributed by atoms with Crippen molar-refractivity contribution in [2.75, 3.05) is 30.3 Å². The first-order valence-electron chi connectivity index (χ1n) is 9.94. The number of amides is 1. The maximum Gasteiger partial charge on any atom is 0.232 e. The van der Waals surface area contributed by atoms with Crippen LogP contribution in [0.1, 0.15) is 26.7 Å². The van der Waals surface area contributed by atoms with Crippen LogP contribution >= 0.6 is 0 Å². The highest BCUT2D eigenvalue weighted by molar-refractivity contribution is 7.92. The normalized spacial score (nSPS) is 11.2. The molecule has 0 fully saturated rings. The summed E-state index contributed by atoms with van der Waals surface area (Å²) in [6, 6.07) is 16.3. The number of carbonyl (C=O) groups excluding carboxylic acids is 1. The van der Waals surface area contributed by atoms with Crippen LogP contribution in [-0.4, -0.2) is 46.4 Å². The van der Waals surface area contributed by atoms with Crippen molar-refractivity contribution in [2.24, 2.45) is 0 Å². The van der Waals surface area contributed by atoms with Crippen molar-refractivity contribution in [3.05, 3.63) is 54.6 Å². The van der Waals surface area contributed by atoms with Crippen molar-refractivity contribution in [3.63, 3.8) is 0 Å². The van der Waals surface area contributed by atoms with Gasteiger partial charge in [0.15, 0.2) is 0 Å². The van der Waals surface area contributed by atoms with Crippen molar-refractivity contribution in [2.45, 2.75) is 32.8 Å². The number of ether oxygens (including phenoxy) is 2. The lowest BCUT2D eigenvalue weighted by Gasteiger charge is -2.23. The number of nitrogens with one attached hydrogen (secondary N) is 1. The predicted octanol–water partition coefficient (Wildman–Crippen LogP) is 3.22. The zero-order valence-electron chi connectivity index (χ0n) is 17.7. The predicted molar refractivity (Wildman–Crippen MR) is 119 cm³/mol. The van der Waals surface area contributed by atoms with E-state index in [1.54, 1.807) is 24.3 Å². The molecule has 2 aromatic rings. The van der Waals surface area contributed by atoms with Gasteiger partial charge in [0.2, 0.25) is 15.9 Å². The van der Waals surface area contributed by atoms with Gasteiger partial charge in [-0.25, -0.2) is 8.42 Å². The molecule has 2 rings (SSSR count). The van der Waals surface area contributed by atoms with Crippen LogP contribution in [0.4, 0.5) is 5.69 Å². The molecule has 0 heterocycles. The Morgan fingerprint density at radius 2 is 1.77 bits per heavy atom. The lowest BCUT2D eigenvalue weighted by Crippen LogP contribution is -2.33. The fourth-order valence-corrected chi connectivity index (χ4v) is 3.78. The maximum absolute atomic E-state index is 12.3. The molecule has 0 unspecified atom stereocenters. The van der Waals surface area contributed by atoms with Gasteiger partial charge < -0.3 is 14.8 Å². The summed E-state index contributed by atoms with van der Waals surface area (Å²) in [5.74, 6) is 1.21. The van der Waals surface area contributed by atoms with Crippen LogP contribution in [-0.2, 0) is 14.8 Å². The summed E-state index contributed by atoms with van der Waals surface area (Å²) < 4.78 is 37.0. The molecule has 7 nitrogen and oxygen atoms in total. The van der Waals surface area contributed by atoms with Gasteiger partial charge in [0.1, 0.15) is 18.1 Å². The zero-order valence-corrected chi connectivity index (χ0v) is 18.5. The molecule has 1 amide bonds. The first kappa shape index (κ1) is 23.5. The molecule has 0 aromatic heterocycles. The van der Waals surface area contributed by atoms with Crippen molar-refractivity contribution >= 4 is 21.6 Å². The highest BCUT2D eigenvalue weighted by Gasteiger charge is 2.18. The van der Waals surface area contributed by atoms with Gasteiger partial charge in [-0.15, -0.1) is 0 Å². The third-order valence-electron chi connectivity index (χ3n) is 4.08. The van der Waals surface area contributed by atoms with E-state index in [4.69, 9.17) is 9.47 Å². The Morgan fingerprint density at radius 1 is 1.07 bits per heavy atom. The highest BCUT2D eigenvalue weighted by Crippen LogP contribution is 2.24. The van der Waals surface area contributed by atoms with Crippen molar-refractivity contribution in [1.29, 1.82) is 0 Å². The molecule has 0 bridgehead atoms. The molecule has 2 aromatic carbocycles. The van der Waals surface area contributed by atoms with Crippen LogP contribution in [0.2, 0.25) is 0 Å². The van der Waals surface area contributed by atoms with E-state index in [1.807, 2.05) is 44.2 Å². The van der Waals surface area contributed by atoms with E-state index < -0.39 is 10.0 Å². The number of benzene rings is 2. The molecule has 0 saturated carbocycles. The molecule has 164 valence electrons. The van der Waals surface area contributed by atoms with Gasteiger partial charge in [0.05, 0.1) is 24.6 Å².